The second-order valence-corrected chi connectivity index (χ2v) is 7.58. The van der Waals surface area contributed by atoms with Crippen molar-refractivity contribution < 1.29 is 19.8 Å². The van der Waals surface area contributed by atoms with Gasteiger partial charge in [-0.15, -0.1) is 12.4 Å². The lowest BCUT2D eigenvalue weighted by atomic mass is 10.1. The first-order valence-electron chi connectivity index (χ1n) is 10.6. The predicted octanol–water partition coefficient (Wildman–Crippen LogP) is 4.49. The van der Waals surface area contributed by atoms with Gasteiger partial charge in [0.25, 0.3) is 0 Å². The van der Waals surface area contributed by atoms with E-state index >= 15 is 0 Å². The zero-order chi connectivity index (χ0) is 20.9. The molecule has 0 unspecified atom stereocenters. The first kappa shape index (κ1) is 25.4. The summed E-state index contributed by atoms with van der Waals surface area (Å²) in [7, 11) is 0. The lowest BCUT2D eigenvalue weighted by molar-refractivity contribution is -0.119. The van der Waals surface area contributed by atoms with Crippen LogP contribution in [0.25, 0.3) is 12.2 Å². The van der Waals surface area contributed by atoms with Crippen LogP contribution in [-0.2, 0) is 9.53 Å². The predicted molar refractivity (Wildman–Crippen MR) is 131 cm³/mol. The molecule has 2 aliphatic heterocycles. The van der Waals surface area contributed by atoms with E-state index in [1.165, 1.54) is 6.42 Å². The Morgan fingerprint density at radius 3 is 2.38 bits per heavy atom. The van der Waals surface area contributed by atoms with Crippen molar-refractivity contribution in [1.29, 1.82) is 0 Å². The van der Waals surface area contributed by atoms with Gasteiger partial charge in [0.1, 0.15) is 0 Å². The Morgan fingerprint density at radius 1 is 0.969 bits per heavy atom. The first-order valence-corrected chi connectivity index (χ1v) is 10.6. The number of hydrogen-bond donors (Lipinski definition) is 1. The van der Waals surface area contributed by atoms with Gasteiger partial charge in [0, 0.05) is 5.69 Å². The lowest BCUT2D eigenvalue weighted by Gasteiger charge is -2.30. The van der Waals surface area contributed by atoms with Crippen molar-refractivity contribution >= 4 is 53.6 Å². The van der Waals surface area contributed by atoms with Crippen molar-refractivity contribution in [2.24, 2.45) is 0 Å². The molecule has 2 amide bonds. The molecule has 0 saturated carbocycles. The van der Waals surface area contributed by atoms with Gasteiger partial charge in [-0.05, 0) is 62.2 Å². The Kier molecular flexibility index (Phi) is 9.26. The van der Waals surface area contributed by atoms with Gasteiger partial charge in [-0.25, -0.2) is 4.79 Å². The number of halogens is 1. The SMILES string of the molecule is CCOC(=O)Nc1ccc2c(c1)N(C(=O)CN1CCCCC1)c1ccccc1C=C2.Cl.O. The monoisotopic (exact) mass is 459 g/mol. The molecular formula is C24H30ClN3O4. The van der Waals surface area contributed by atoms with Crippen molar-refractivity contribution in [3.8, 4) is 0 Å². The fourth-order valence-corrected chi connectivity index (χ4v) is 4.03. The summed E-state index contributed by atoms with van der Waals surface area (Å²) in [6.45, 7) is 4.35. The topological polar surface area (TPSA) is 93.4 Å². The zero-order valence-electron chi connectivity index (χ0n) is 18.2. The number of piperidine rings is 1. The standard InChI is InChI=1S/C24H27N3O3.ClH.H2O/c1-2-30-24(29)25-20-13-12-19-11-10-18-8-4-5-9-21(18)27(22(19)16-20)23(28)17-26-14-6-3-7-15-26;;/h4-5,8-13,16H,2-3,6-7,14-15,17H2,1H3,(H,25,29);1H;1H2. The van der Waals surface area contributed by atoms with E-state index in [0.717, 1.165) is 48.4 Å². The fraction of sp³-hybridized carbons (Fsp3) is 0.333. The molecule has 4 rings (SSSR count). The zero-order valence-corrected chi connectivity index (χ0v) is 19.0. The maximum atomic E-state index is 13.5. The molecule has 8 heteroatoms. The number of rotatable bonds is 4. The van der Waals surface area contributed by atoms with Crippen LogP contribution in [0.15, 0.2) is 42.5 Å². The first-order chi connectivity index (χ1) is 14.7. The van der Waals surface area contributed by atoms with Crippen LogP contribution in [0.5, 0.6) is 0 Å². The van der Waals surface area contributed by atoms with Crippen LogP contribution < -0.4 is 10.2 Å². The molecule has 0 aliphatic carbocycles. The summed E-state index contributed by atoms with van der Waals surface area (Å²) >= 11 is 0. The van der Waals surface area contributed by atoms with Crippen LogP contribution in [0.2, 0.25) is 0 Å². The highest BCUT2D eigenvalue weighted by molar-refractivity contribution is 6.07. The van der Waals surface area contributed by atoms with Crippen LogP contribution in [-0.4, -0.2) is 48.6 Å². The number of carbonyl (C=O) groups is 2. The van der Waals surface area contributed by atoms with E-state index in [4.69, 9.17) is 4.74 Å². The van der Waals surface area contributed by atoms with Crippen molar-refractivity contribution in [3.63, 3.8) is 0 Å². The van der Waals surface area contributed by atoms with E-state index in [-0.39, 0.29) is 23.8 Å². The third-order valence-electron chi connectivity index (χ3n) is 5.47. The molecule has 2 heterocycles. The summed E-state index contributed by atoms with van der Waals surface area (Å²) in [5.41, 5.74) is 4.11. The minimum atomic E-state index is -0.506. The summed E-state index contributed by atoms with van der Waals surface area (Å²) in [6, 6.07) is 13.5. The summed E-state index contributed by atoms with van der Waals surface area (Å²) in [6.07, 6.45) is 7.03. The molecule has 1 fully saturated rings. The number of anilines is 3. The van der Waals surface area contributed by atoms with E-state index in [2.05, 4.69) is 10.2 Å². The van der Waals surface area contributed by atoms with Gasteiger partial charge >= 0.3 is 6.09 Å². The maximum Gasteiger partial charge on any atom is 0.411 e. The highest BCUT2D eigenvalue weighted by Gasteiger charge is 2.26. The number of para-hydroxylation sites is 1. The Balaban J connectivity index is 0.00000181. The van der Waals surface area contributed by atoms with Crippen molar-refractivity contribution in [3.05, 3.63) is 53.6 Å². The molecule has 3 N–H and O–H groups in total. The maximum absolute atomic E-state index is 13.5. The molecule has 0 bridgehead atoms. The van der Waals surface area contributed by atoms with E-state index in [0.29, 0.717) is 18.8 Å². The summed E-state index contributed by atoms with van der Waals surface area (Å²) in [5, 5.41) is 2.74. The molecule has 7 nitrogen and oxygen atoms in total. The fourth-order valence-electron chi connectivity index (χ4n) is 4.03. The smallest absolute Gasteiger partial charge is 0.411 e. The molecular weight excluding hydrogens is 430 g/mol. The van der Waals surface area contributed by atoms with Crippen LogP contribution >= 0.6 is 12.4 Å². The summed E-state index contributed by atoms with van der Waals surface area (Å²) < 4.78 is 4.99. The van der Waals surface area contributed by atoms with Gasteiger partial charge in [0.15, 0.2) is 0 Å². The molecule has 32 heavy (non-hydrogen) atoms. The average Bonchev–Trinajstić information content (AvgIpc) is 2.91. The number of likely N-dealkylation sites (tertiary alicyclic amines) is 1. The molecule has 0 spiro atoms. The van der Waals surface area contributed by atoms with Crippen LogP contribution in [0.4, 0.5) is 21.9 Å². The number of hydrogen-bond acceptors (Lipinski definition) is 4. The minimum absolute atomic E-state index is 0. The molecule has 0 aromatic heterocycles. The number of nitrogens with zero attached hydrogens (tertiary/aromatic N) is 2. The molecule has 2 aromatic carbocycles. The Labute approximate surface area is 194 Å². The second-order valence-electron chi connectivity index (χ2n) is 7.58. The molecule has 2 aliphatic rings. The van der Waals surface area contributed by atoms with E-state index < -0.39 is 6.09 Å². The third kappa shape index (κ3) is 5.68. The Hall–Kier alpha value is -2.87. The van der Waals surface area contributed by atoms with E-state index in [1.54, 1.807) is 11.8 Å². The largest absolute Gasteiger partial charge is 0.450 e. The molecule has 2 aromatic rings. The van der Waals surface area contributed by atoms with Crippen molar-refractivity contribution in [2.75, 3.05) is 36.5 Å². The Bertz CT molecular complexity index is 973. The highest BCUT2D eigenvalue weighted by Crippen LogP contribution is 2.38. The number of nitrogens with one attached hydrogen (secondary N) is 1. The summed E-state index contributed by atoms with van der Waals surface area (Å²) in [4.78, 5) is 29.4. The molecule has 0 radical (unpaired) electrons. The highest BCUT2D eigenvalue weighted by atomic mass is 35.5. The van der Waals surface area contributed by atoms with Gasteiger partial charge in [0.2, 0.25) is 5.91 Å². The van der Waals surface area contributed by atoms with E-state index in [9.17, 15) is 9.59 Å². The van der Waals surface area contributed by atoms with Gasteiger partial charge in [-0.3, -0.25) is 19.9 Å². The Morgan fingerprint density at radius 2 is 1.66 bits per heavy atom. The van der Waals surface area contributed by atoms with Crippen molar-refractivity contribution in [2.45, 2.75) is 26.2 Å². The summed E-state index contributed by atoms with van der Waals surface area (Å²) in [5.74, 6) is 0.0302. The molecule has 1 saturated heterocycles. The van der Waals surface area contributed by atoms with Crippen LogP contribution in [0.3, 0.4) is 0 Å². The second kappa shape index (κ2) is 11.7. The minimum Gasteiger partial charge on any atom is -0.450 e. The van der Waals surface area contributed by atoms with Crippen LogP contribution in [0.1, 0.15) is 37.3 Å². The number of amides is 2. The number of fused-ring (bicyclic) bond motifs is 2. The van der Waals surface area contributed by atoms with Gasteiger partial charge in [-0.1, -0.05) is 42.8 Å². The molecule has 172 valence electrons. The normalized spacial score (nSPS) is 14.7. The van der Waals surface area contributed by atoms with Crippen molar-refractivity contribution in [1.82, 2.24) is 4.90 Å². The third-order valence-corrected chi connectivity index (χ3v) is 5.47. The molecule has 0 atom stereocenters. The lowest BCUT2D eigenvalue weighted by Crippen LogP contribution is -2.40. The van der Waals surface area contributed by atoms with Gasteiger partial charge < -0.3 is 10.2 Å². The number of ether oxygens (including phenoxy) is 1. The number of benzene rings is 2. The van der Waals surface area contributed by atoms with Gasteiger partial charge in [-0.2, -0.15) is 0 Å². The number of carbonyl (C=O) groups excluding carboxylic acids is 2. The quantitative estimate of drug-likeness (QED) is 0.729. The van der Waals surface area contributed by atoms with Gasteiger partial charge in [0.05, 0.1) is 24.5 Å². The van der Waals surface area contributed by atoms with E-state index in [1.807, 2.05) is 54.6 Å². The van der Waals surface area contributed by atoms with Crippen LogP contribution in [0, 0.1) is 0 Å². The average molecular weight is 460 g/mol.